The third-order valence-corrected chi connectivity index (χ3v) is 7.93. The summed E-state index contributed by atoms with van der Waals surface area (Å²) in [5.41, 5.74) is 3.82. The molecule has 9 heteroatoms. The van der Waals surface area contributed by atoms with Gasteiger partial charge in [-0.25, -0.2) is 4.99 Å². The molecule has 0 saturated carbocycles. The molecule has 0 unspecified atom stereocenters. The molecular formula is C28H34N4O4S. The minimum absolute atomic E-state index is 0.0548. The Hall–Kier alpha value is -3.17. The monoisotopic (exact) mass is 522 g/mol. The molecule has 0 radical (unpaired) electrons. The van der Waals surface area contributed by atoms with Crippen molar-refractivity contribution >= 4 is 46.0 Å². The molecule has 3 aliphatic rings. The Kier molecular flexibility index (Phi) is 7.90. The minimum atomic E-state index is -0.0548. The zero-order valence-corrected chi connectivity index (χ0v) is 22.6. The zero-order chi connectivity index (χ0) is 25.8. The molecule has 0 aromatic heterocycles. The van der Waals surface area contributed by atoms with Gasteiger partial charge < -0.3 is 24.0 Å². The number of amides is 1. The maximum Gasteiger partial charge on any atom is 0.266 e. The standard InChI is InChI=1S/C28H34N4O4S/c1-4-32-27(33)26(18-20-17-25(35-3)23(19-24(20)34-2)31-11-5-6-12-31)37-28(32)29-21-7-9-22(10-8-21)30-13-15-36-16-14-30/h7-10,17-19H,4-6,11-16H2,1-3H3/b26-18+,29-28?. The summed E-state index contributed by atoms with van der Waals surface area (Å²) in [6, 6.07) is 12.1. The highest BCUT2D eigenvalue weighted by Crippen LogP contribution is 2.40. The number of morpholine rings is 1. The first-order chi connectivity index (χ1) is 18.1. The van der Waals surface area contributed by atoms with Crippen LogP contribution in [0, 0.1) is 0 Å². The van der Waals surface area contributed by atoms with Crippen LogP contribution in [-0.2, 0) is 9.53 Å². The first kappa shape index (κ1) is 25.5. The Bertz CT molecular complexity index is 1190. The van der Waals surface area contributed by atoms with Crippen molar-refractivity contribution in [3.8, 4) is 11.5 Å². The Labute approximate surface area is 222 Å². The summed E-state index contributed by atoms with van der Waals surface area (Å²) in [7, 11) is 3.34. The van der Waals surface area contributed by atoms with Gasteiger partial charge in [0.15, 0.2) is 5.17 Å². The molecule has 5 rings (SSSR count). The largest absolute Gasteiger partial charge is 0.496 e. The van der Waals surface area contributed by atoms with Crippen LogP contribution in [0.15, 0.2) is 46.3 Å². The molecule has 196 valence electrons. The zero-order valence-electron chi connectivity index (χ0n) is 21.7. The highest BCUT2D eigenvalue weighted by Gasteiger charge is 2.33. The van der Waals surface area contributed by atoms with Crippen molar-refractivity contribution in [3.05, 3.63) is 46.9 Å². The Morgan fingerprint density at radius 3 is 2.32 bits per heavy atom. The third-order valence-electron chi connectivity index (χ3n) is 6.92. The van der Waals surface area contributed by atoms with Gasteiger partial charge in [0.2, 0.25) is 0 Å². The van der Waals surface area contributed by atoms with Gasteiger partial charge in [-0.3, -0.25) is 9.69 Å². The molecule has 2 aromatic carbocycles. The molecule has 8 nitrogen and oxygen atoms in total. The maximum absolute atomic E-state index is 13.3. The van der Waals surface area contributed by atoms with E-state index in [1.165, 1.54) is 24.6 Å². The van der Waals surface area contributed by atoms with E-state index < -0.39 is 0 Å². The predicted molar refractivity (Wildman–Crippen MR) is 151 cm³/mol. The fraction of sp³-hybridized carbons (Fsp3) is 0.429. The summed E-state index contributed by atoms with van der Waals surface area (Å²) in [6.07, 6.45) is 4.23. The SMILES string of the molecule is CCN1C(=O)/C(=C\c2cc(OC)c(N3CCCC3)cc2OC)SC1=Nc1ccc(N2CCOCC2)cc1. The number of aliphatic imine (C=N–C) groups is 1. The number of carbonyl (C=O) groups excluding carboxylic acids is 1. The Balaban J connectivity index is 1.41. The fourth-order valence-corrected chi connectivity index (χ4v) is 5.96. The van der Waals surface area contributed by atoms with Crippen LogP contribution in [0.2, 0.25) is 0 Å². The normalized spacial score (nSPS) is 20.4. The van der Waals surface area contributed by atoms with Gasteiger partial charge in [0.05, 0.1) is 43.7 Å². The van der Waals surface area contributed by atoms with Crippen molar-refractivity contribution in [1.82, 2.24) is 4.90 Å². The summed E-state index contributed by atoms with van der Waals surface area (Å²) in [5.74, 6) is 1.45. The molecule has 0 aliphatic carbocycles. The lowest BCUT2D eigenvalue weighted by Gasteiger charge is -2.28. The quantitative estimate of drug-likeness (QED) is 0.486. The van der Waals surface area contributed by atoms with Gasteiger partial charge in [0.25, 0.3) is 5.91 Å². The number of thioether (sulfide) groups is 1. The Morgan fingerprint density at radius 2 is 1.68 bits per heavy atom. The molecule has 3 saturated heterocycles. The number of likely N-dealkylation sites (N-methyl/N-ethyl adjacent to an activating group) is 1. The summed E-state index contributed by atoms with van der Waals surface area (Å²) < 4.78 is 16.9. The van der Waals surface area contributed by atoms with Gasteiger partial charge >= 0.3 is 0 Å². The number of methoxy groups -OCH3 is 2. The van der Waals surface area contributed by atoms with E-state index in [4.69, 9.17) is 19.2 Å². The molecular weight excluding hydrogens is 488 g/mol. The summed E-state index contributed by atoms with van der Waals surface area (Å²) >= 11 is 1.39. The number of ether oxygens (including phenoxy) is 3. The summed E-state index contributed by atoms with van der Waals surface area (Å²) in [5, 5.41) is 0.678. The lowest BCUT2D eigenvalue weighted by atomic mass is 10.1. The van der Waals surface area contributed by atoms with Crippen molar-refractivity contribution in [2.75, 3.05) is 70.0 Å². The van der Waals surface area contributed by atoms with Crippen LogP contribution in [0.25, 0.3) is 6.08 Å². The van der Waals surface area contributed by atoms with Crippen molar-refractivity contribution in [2.45, 2.75) is 19.8 Å². The van der Waals surface area contributed by atoms with E-state index >= 15 is 0 Å². The predicted octanol–water partition coefficient (Wildman–Crippen LogP) is 4.76. The van der Waals surface area contributed by atoms with E-state index in [-0.39, 0.29) is 5.91 Å². The van der Waals surface area contributed by atoms with Gasteiger partial charge in [-0.2, -0.15) is 0 Å². The van der Waals surface area contributed by atoms with Crippen molar-refractivity contribution in [1.29, 1.82) is 0 Å². The molecule has 1 amide bonds. The first-order valence-electron chi connectivity index (χ1n) is 12.8. The minimum Gasteiger partial charge on any atom is -0.496 e. The van der Waals surface area contributed by atoms with E-state index in [1.54, 1.807) is 19.1 Å². The number of amidine groups is 1. The number of hydrogen-bond acceptors (Lipinski definition) is 8. The van der Waals surface area contributed by atoms with E-state index in [9.17, 15) is 4.79 Å². The van der Waals surface area contributed by atoms with Gasteiger partial charge in [-0.15, -0.1) is 0 Å². The van der Waals surface area contributed by atoms with E-state index in [0.29, 0.717) is 16.6 Å². The topological polar surface area (TPSA) is 66.8 Å². The lowest BCUT2D eigenvalue weighted by Crippen LogP contribution is -2.36. The van der Waals surface area contributed by atoms with E-state index in [0.717, 1.165) is 73.5 Å². The first-order valence-corrected chi connectivity index (χ1v) is 13.7. The van der Waals surface area contributed by atoms with Crippen molar-refractivity contribution in [2.24, 2.45) is 4.99 Å². The average Bonchev–Trinajstić information content (AvgIpc) is 3.57. The molecule has 0 spiro atoms. The molecule has 3 fully saturated rings. The third kappa shape index (κ3) is 5.43. The second-order valence-electron chi connectivity index (χ2n) is 9.13. The maximum atomic E-state index is 13.3. The fourth-order valence-electron chi connectivity index (χ4n) is 4.90. The molecule has 0 bridgehead atoms. The van der Waals surface area contributed by atoms with Crippen LogP contribution < -0.4 is 19.3 Å². The number of rotatable bonds is 7. The van der Waals surface area contributed by atoms with Crippen LogP contribution in [0.5, 0.6) is 11.5 Å². The summed E-state index contributed by atoms with van der Waals surface area (Å²) in [6.45, 7) is 7.81. The van der Waals surface area contributed by atoms with Crippen molar-refractivity contribution < 1.29 is 19.0 Å². The highest BCUT2D eigenvalue weighted by molar-refractivity contribution is 8.18. The molecule has 37 heavy (non-hydrogen) atoms. The molecule has 0 N–H and O–H groups in total. The Morgan fingerprint density at radius 1 is 0.973 bits per heavy atom. The molecule has 3 heterocycles. The highest BCUT2D eigenvalue weighted by atomic mass is 32.2. The van der Waals surface area contributed by atoms with Crippen LogP contribution in [0.1, 0.15) is 25.3 Å². The van der Waals surface area contributed by atoms with E-state index in [1.807, 2.05) is 37.3 Å². The molecule has 0 atom stereocenters. The van der Waals surface area contributed by atoms with Crippen molar-refractivity contribution in [3.63, 3.8) is 0 Å². The summed E-state index contributed by atoms with van der Waals surface area (Å²) in [4.78, 5) is 25.1. The lowest BCUT2D eigenvalue weighted by molar-refractivity contribution is -0.122. The van der Waals surface area contributed by atoms with Crippen LogP contribution in [0.3, 0.4) is 0 Å². The van der Waals surface area contributed by atoms with Gasteiger partial charge in [0.1, 0.15) is 11.5 Å². The van der Waals surface area contributed by atoms with Crippen LogP contribution in [0.4, 0.5) is 17.1 Å². The smallest absolute Gasteiger partial charge is 0.266 e. The number of hydrogen-bond donors (Lipinski definition) is 0. The number of nitrogens with zero attached hydrogens (tertiary/aromatic N) is 4. The van der Waals surface area contributed by atoms with Crippen LogP contribution in [-0.4, -0.2) is 76.1 Å². The number of anilines is 2. The number of carbonyl (C=O) groups is 1. The second-order valence-corrected chi connectivity index (χ2v) is 10.1. The van der Waals surface area contributed by atoms with Gasteiger partial charge in [-0.1, -0.05) is 0 Å². The number of benzene rings is 2. The second kappa shape index (κ2) is 11.5. The van der Waals surface area contributed by atoms with Gasteiger partial charge in [0, 0.05) is 50.0 Å². The van der Waals surface area contributed by atoms with Gasteiger partial charge in [-0.05, 0) is 67.9 Å². The molecule has 2 aromatic rings. The van der Waals surface area contributed by atoms with Crippen LogP contribution >= 0.6 is 11.8 Å². The molecule has 3 aliphatic heterocycles. The average molecular weight is 523 g/mol. The van der Waals surface area contributed by atoms with E-state index in [2.05, 4.69) is 21.9 Å².